The minimum atomic E-state index is -1.48. The Hall–Kier alpha value is -2.54. The Morgan fingerprint density at radius 3 is 2.16 bits per heavy atom. The van der Waals surface area contributed by atoms with Crippen LogP contribution in [-0.2, 0) is 6.42 Å². The van der Waals surface area contributed by atoms with Gasteiger partial charge in [-0.1, -0.05) is 6.92 Å². The molecule has 1 atom stereocenters. The van der Waals surface area contributed by atoms with Gasteiger partial charge in [0.1, 0.15) is 18.5 Å². The number of quaternary nitrogens is 1. The number of fused-ring (bicyclic) bond motifs is 1. The van der Waals surface area contributed by atoms with Crippen molar-refractivity contribution in [1.29, 1.82) is 0 Å². The summed E-state index contributed by atoms with van der Waals surface area (Å²) in [6.07, 6.45) is 0.592. The van der Waals surface area contributed by atoms with E-state index in [4.69, 9.17) is 9.47 Å². The molecule has 0 amide bonds. The SMILES string of the molecule is CCc1c([N+](C)([O-])O)c2ccc(OC)cc2n1-c1ccc(OC)cc1. The van der Waals surface area contributed by atoms with Gasteiger partial charge in [0.15, 0.2) is 5.69 Å². The molecule has 132 valence electrons. The van der Waals surface area contributed by atoms with Gasteiger partial charge in [0.05, 0.1) is 30.8 Å². The molecular weight excluding hydrogens is 320 g/mol. The molecule has 1 N–H and O–H groups in total. The van der Waals surface area contributed by atoms with Gasteiger partial charge in [-0.2, -0.15) is 4.81 Å². The topological polar surface area (TPSA) is 66.7 Å². The summed E-state index contributed by atoms with van der Waals surface area (Å²) in [6, 6.07) is 13.1. The van der Waals surface area contributed by atoms with Crippen molar-refractivity contribution in [3.8, 4) is 17.2 Å². The van der Waals surface area contributed by atoms with Gasteiger partial charge in [-0.3, -0.25) is 0 Å². The standard InChI is InChI=1S/C19H22N2O4/c1-5-17-19(21(2,22)23)16-11-10-15(25-4)12-18(16)20(17)13-6-8-14(24-3)9-7-13/h6-12,22H,5H2,1-4H3. The van der Waals surface area contributed by atoms with E-state index in [1.54, 1.807) is 20.3 Å². The average molecular weight is 342 g/mol. The third-order valence-electron chi connectivity index (χ3n) is 4.32. The lowest BCUT2D eigenvalue weighted by Gasteiger charge is -2.28. The smallest absolute Gasteiger partial charge is 0.194 e. The summed E-state index contributed by atoms with van der Waals surface area (Å²) < 4.78 is 12.5. The van der Waals surface area contributed by atoms with Crippen LogP contribution in [0.1, 0.15) is 12.6 Å². The van der Waals surface area contributed by atoms with Gasteiger partial charge in [0, 0.05) is 11.8 Å². The van der Waals surface area contributed by atoms with Gasteiger partial charge < -0.3 is 19.2 Å². The summed E-state index contributed by atoms with van der Waals surface area (Å²) in [7, 11) is 4.44. The molecule has 0 aliphatic rings. The zero-order valence-electron chi connectivity index (χ0n) is 14.8. The highest BCUT2D eigenvalue weighted by molar-refractivity contribution is 5.96. The molecule has 0 radical (unpaired) electrons. The van der Waals surface area contributed by atoms with Crippen LogP contribution in [0.5, 0.6) is 11.5 Å². The molecule has 1 unspecified atom stereocenters. The van der Waals surface area contributed by atoms with Crippen LogP contribution in [0.25, 0.3) is 16.6 Å². The lowest BCUT2D eigenvalue weighted by Crippen LogP contribution is -2.34. The first-order valence-corrected chi connectivity index (χ1v) is 8.07. The third-order valence-corrected chi connectivity index (χ3v) is 4.32. The van der Waals surface area contributed by atoms with E-state index in [1.165, 1.54) is 7.05 Å². The molecule has 3 rings (SSSR count). The Morgan fingerprint density at radius 1 is 1.04 bits per heavy atom. The van der Waals surface area contributed by atoms with Crippen molar-refractivity contribution in [2.24, 2.45) is 0 Å². The van der Waals surface area contributed by atoms with Gasteiger partial charge in [0.2, 0.25) is 0 Å². The molecule has 0 spiro atoms. The second kappa shape index (κ2) is 6.40. The summed E-state index contributed by atoms with van der Waals surface area (Å²) in [5.41, 5.74) is 2.80. The number of hydroxylamine groups is 2. The van der Waals surface area contributed by atoms with E-state index in [2.05, 4.69) is 0 Å². The lowest BCUT2D eigenvalue weighted by atomic mass is 10.2. The molecule has 1 heterocycles. The Balaban J connectivity index is 2.38. The number of benzene rings is 2. The molecule has 0 bridgehead atoms. The highest BCUT2D eigenvalue weighted by Gasteiger charge is 2.27. The van der Waals surface area contributed by atoms with E-state index < -0.39 is 4.81 Å². The molecule has 3 aromatic rings. The first-order chi connectivity index (χ1) is 11.9. The number of rotatable bonds is 5. The first kappa shape index (κ1) is 17.3. The van der Waals surface area contributed by atoms with Crippen molar-refractivity contribution in [3.05, 3.63) is 53.4 Å². The average Bonchev–Trinajstić information content (AvgIpc) is 2.95. The molecule has 6 nitrogen and oxygen atoms in total. The van der Waals surface area contributed by atoms with Gasteiger partial charge >= 0.3 is 0 Å². The summed E-state index contributed by atoms with van der Waals surface area (Å²) >= 11 is 0. The van der Waals surface area contributed by atoms with Crippen LogP contribution in [0.2, 0.25) is 0 Å². The third kappa shape index (κ3) is 2.95. The second-order valence-electron chi connectivity index (χ2n) is 5.94. The van der Waals surface area contributed by atoms with Gasteiger partial charge in [-0.25, -0.2) is 5.21 Å². The molecule has 2 aromatic carbocycles. The number of ether oxygens (including phenoxy) is 2. The number of nitrogens with zero attached hydrogens (tertiary/aromatic N) is 2. The molecule has 25 heavy (non-hydrogen) atoms. The van der Waals surface area contributed by atoms with Crippen LogP contribution >= 0.6 is 0 Å². The monoisotopic (exact) mass is 342 g/mol. The van der Waals surface area contributed by atoms with Crippen molar-refractivity contribution < 1.29 is 14.7 Å². The van der Waals surface area contributed by atoms with Crippen LogP contribution in [0.3, 0.4) is 0 Å². The molecule has 0 aliphatic heterocycles. The number of hydrogen-bond donors (Lipinski definition) is 1. The Bertz CT molecular complexity index is 892. The minimum absolute atomic E-state index is 0.343. The zero-order chi connectivity index (χ0) is 18.2. The fourth-order valence-electron chi connectivity index (χ4n) is 3.25. The Labute approximate surface area is 146 Å². The minimum Gasteiger partial charge on any atom is -0.593 e. The van der Waals surface area contributed by atoms with Gasteiger partial charge in [-0.15, -0.1) is 0 Å². The number of hydrogen-bond acceptors (Lipinski definition) is 4. The maximum Gasteiger partial charge on any atom is 0.194 e. The van der Waals surface area contributed by atoms with E-state index in [9.17, 15) is 10.4 Å². The number of methoxy groups -OCH3 is 2. The molecule has 6 heteroatoms. The predicted molar refractivity (Wildman–Crippen MR) is 98.6 cm³/mol. The summed E-state index contributed by atoms with van der Waals surface area (Å²) in [4.78, 5) is -1.48. The Kier molecular flexibility index (Phi) is 4.43. The highest BCUT2D eigenvalue weighted by Crippen LogP contribution is 2.40. The van der Waals surface area contributed by atoms with Crippen LogP contribution in [0.4, 0.5) is 5.69 Å². The normalized spacial score (nSPS) is 13.7. The maximum atomic E-state index is 12.4. The van der Waals surface area contributed by atoms with Crippen LogP contribution in [-0.4, -0.2) is 31.0 Å². The fourth-order valence-corrected chi connectivity index (χ4v) is 3.25. The van der Waals surface area contributed by atoms with E-state index in [0.29, 0.717) is 23.2 Å². The summed E-state index contributed by atoms with van der Waals surface area (Å²) in [6.45, 7) is 1.96. The maximum absolute atomic E-state index is 12.4. The van der Waals surface area contributed by atoms with Crippen LogP contribution < -0.4 is 14.3 Å². The van der Waals surface area contributed by atoms with Gasteiger partial charge in [0.25, 0.3) is 0 Å². The Morgan fingerprint density at radius 2 is 1.64 bits per heavy atom. The van der Waals surface area contributed by atoms with Crippen molar-refractivity contribution in [3.63, 3.8) is 0 Å². The molecule has 0 fully saturated rings. The molecule has 0 saturated carbocycles. The van der Waals surface area contributed by atoms with E-state index in [0.717, 1.165) is 22.6 Å². The molecule has 0 aliphatic carbocycles. The predicted octanol–water partition coefficient (Wildman–Crippen LogP) is 4.03. The molecule has 0 saturated heterocycles. The molecule has 1 aromatic heterocycles. The van der Waals surface area contributed by atoms with Gasteiger partial charge in [-0.05, 0) is 42.8 Å². The summed E-state index contributed by atoms with van der Waals surface area (Å²) in [5.74, 6) is 1.44. The lowest BCUT2D eigenvalue weighted by molar-refractivity contribution is -0.00393. The van der Waals surface area contributed by atoms with Crippen molar-refractivity contribution >= 4 is 16.6 Å². The van der Waals surface area contributed by atoms with E-state index in [-0.39, 0.29) is 0 Å². The van der Waals surface area contributed by atoms with E-state index in [1.807, 2.05) is 47.9 Å². The molecular formula is C19H22N2O4. The number of aromatic nitrogens is 1. The first-order valence-electron chi connectivity index (χ1n) is 8.07. The highest BCUT2D eigenvalue weighted by atomic mass is 16.8. The van der Waals surface area contributed by atoms with Crippen LogP contribution in [0, 0.1) is 5.21 Å². The van der Waals surface area contributed by atoms with Crippen LogP contribution in [0.15, 0.2) is 42.5 Å². The summed E-state index contributed by atoms with van der Waals surface area (Å²) in [5, 5.41) is 23.3. The fraction of sp³-hybridized carbons (Fsp3) is 0.263. The van der Waals surface area contributed by atoms with E-state index >= 15 is 0 Å². The second-order valence-corrected chi connectivity index (χ2v) is 5.94. The van der Waals surface area contributed by atoms with Crippen molar-refractivity contribution in [2.75, 3.05) is 21.3 Å². The van der Waals surface area contributed by atoms with Crippen molar-refractivity contribution in [2.45, 2.75) is 13.3 Å². The largest absolute Gasteiger partial charge is 0.593 e. The quantitative estimate of drug-likeness (QED) is 0.561. The van der Waals surface area contributed by atoms with Crippen molar-refractivity contribution in [1.82, 2.24) is 9.38 Å². The zero-order valence-corrected chi connectivity index (χ0v) is 14.8.